The predicted molar refractivity (Wildman–Crippen MR) is 64.4 cm³/mol. The number of hydrogen-bond acceptors (Lipinski definition) is 3. The normalized spacial score (nSPS) is 16.9. The summed E-state index contributed by atoms with van der Waals surface area (Å²) in [5.41, 5.74) is 5.85. The van der Waals surface area contributed by atoms with E-state index in [1.54, 1.807) is 4.90 Å². The van der Waals surface area contributed by atoms with Crippen molar-refractivity contribution in [2.45, 2.75) is 51.6 Å². The summed E-state index contributed by atoms with van der Waals surface area (Å²) in [6.45, 7) is 4.32. The van der Waals surface area contributed by atoms with Gasteiger partial charge in [-0.1, -0.05) is 13.8 Å². The van der Waals surface area contributed by atoms with Gasteiger partial charge in [0.1, 0.15) is 0 Å². The number of nitrogens with zero attached hydrogens (tertiary/aromatic N) is 1. The topological polar surface area (TPSA) is 83.6 Å². The van der Waals surface area contributed by atoms with Gasteiger partial charge in [-0.25, -0.2) is 0 Å². The molecule has 3 N–H and O–H groups in total. The van der Waals surface area contributed by atoms with E-state index in [1.807, 2.05) is 13.8 Å². The zero-order valence-corrected chi connectivity index (χ0v) is 10.6. The summed E-state index contributed by atoms with van der Waals surface area (Å²) < 4.78 is 0. The Bertz CT molecular complexity index is 287. The van der Waals surface area contributed by atoms with Gasteiger partial charge >= 0.3 is 5.97 Å². The van der Waals surface area contributed by atoms with E-state index in [0.717, 1.165) is 12.8 Å². The molecule has 1 amide bonds. The number of carboxylic acids is 1. The van der Waals surface area contributed by atoms with Crippen molar-refractivity contribution in [2.75, 3.05) is 6.54 Å². The Balaban J connectivity index is 2.51. The summed E-state index contributed by atoms with van der Waals surface area (Å²) in [6.07, 6.45) is 2.59. The van der Waals surface area contributed by atoms with Crippen molar-refractivity contribution < 1.29 is 14.7 Å². The monoisotopic (exact) mass is 242 g/mol. The fourth-order valence-electron chi connectivity index (χ4n) is 1.90. The predicted octanol–water partition coefficient (Wildman–Crippen LogP) is 0.826. The summed E-state index contributed by atoms with van der Waals surface area (Å²) in [7, 11) is 0. The molecule has 98 valence electrons. The van der Waals surface area contributed by atoms with Crippen LogP contribution in [0.2, 0.25) is 0 Å². The highest BCUT2D eigenvalue weighted by atomic mass is 16.4. The summed E-state index contributed by atoms with van der Waals surface area (Å²) >= 11 is 0. The lowest BCUT2D eigenvalue weighted by Crippen LogP contribution is -2.46. The molecule has 1 atom stereocenters. The minimum Gasteiger partial charge on any atom is -0.481 e. The molecule has 0 unspecified atom stereocenters. The van der Waals surface area contributed by atoms with Gasteiger partial charge < -0.3 is 15.7 Å². The molecule has 0 heterocycles. The van der Waals surface area contributed by atoms with Gasteiger partial charge in [0.05, 0.1) is 12.5 Å². The van der Waals surface area contributed by atoms with E-state index < -0.39 is 12.0 Å². The molecule has 1 fully saturated rings. The second-order valence-electron chi connectivity index (χ2n) is 5.14. The van der Waals surface area contributed by atoms with Gasteiger partial charge in [-0.15, -0.1) is 0 Å². The van der Waals surface area contributed by atoms with Crippen LogP contribution < -0.4 is 5.73 Å². The van der Waals surface area contributed by atoms with Gasteiger partial charge in [0, 0.05) is 12.6 Å². The van der Waals surface area contributed by atoms with E-state index in [0.29, 0.717) is 12.3 Å². The average molecular weight is 242 g/mol. The number of rotatable bonds is 7. The Hall–Kier alpha value is -1.10. The fraction of sp³-hybridized carbons (Fsp3) is 0.833. The molecular formula is C12H22N2O3. The molecule has 0 aromatic rings. The first kappa shape index (κ1) is 14.0. The highest BCUT2D eigenvalue weighted by molar-refractivity contribution is 5.82. The van der Waals surface area contributed by atoms with Crippen LogP contribution in [-0.4, -0.2) is 40.5 Å². The van der Waals surface area contributed by atoms with Gasteiger partial charge in [-0.3, -0.25) is 9.59 Å². The Kier molecular flexibility index (Phi) is 4.93. The van der Waals surface area contributed by atoms with Crippen LogP contribution in [0.25, 0.3) is 0 Å². The van der Waals surface area contributed by atoms with E-state index >= 15 is 0 Å². The van der Waals surface area contributed by atoms with Crippen molar-refractivity contribution in [2.24, 2.45) is 11.7 Å². The van der Waals surface area contributed by atoms with Crippen LogP contribution in [-0.2, 0) is 9.59 Å². The second-order valence-corrected chi connectivity index (χ2v) is 5.14. The quantitative estimate of drug-likeness (QED) is 0.692. The zero-order valence-electron chi connectivity index (χ0n) is 10.6. The first-order chi connectivity index (χ1) is 7.91. The third-order valence-corrected chi connectivity index (χ3v) is 2.88. The Labute approximate surface area is 102 Å². The SMILES string of the molecule is CC(C)C[C@@H](N)C(=O)N(CCC(=O)O)C1CC1. The maximum absolute atomic E-state index is 12.1. The molecule has 0 aliphatic heterocycles. The standard InChI is InChI=1S/C12H22N2O3/c1-8(2)7-10(13)12(17)14(9-3-4-9)6-5-11(15)16/h8-10H,3-7,13H2,1-2H3,(H,15,16)/t10-/m1/s1. The summed E-state index contributed by atoms with van der Waals surface area (Å²) in [4.78, 5) is 24.3. The lowest BCUT2D eigenvalue weighted by molar-refractivity contribution is -0.139. The minimum absolute atomic E-state index is 0.00333. The Morgan fingerprint density at radius 2 is 2.00 bits per heavy atom. The van der Waals surface area contributed by atoms with Crippen molar-refractivity contribution in [3.05, 3.63) is 0 Å². The molecule has 0 bridgehead atoms. The van der Waals surface area contributed by atoms with Crippen molar-refractivity contribution in [3.63, 3.8) is 0 Å². The molecular weight excluding hydrogens is 220 g/mol. The van der Waals surface area contributed by atoms with Gasteiger partial charge in [-0.05, 0) is 25.2 Å². The number of carboxylic acid groups (broad SMARTS) is 1. The zero-order chi connectivity index (χ0) is 13.0. The Morgan fingerprint density at radius 3 is 2.41 bits per heavy atom. The van der Waals surface area contributed by atoms with Crippen molar-refractivity contribution in [1.29, 1.82) is 0 Å². The second kappa shape index (κ2) is 6.00. The van der Waals surface area contributed by atoms with Gasteiger partial charge in [0.25, 0.3) is 0 Å². The molecule has 1 rings (SSSR count). The molecule has 0 aromatic heterocycles. The van der Waals surface area contributed by atoms with E-state index in [1.165, 1.54) is 0 Å². The molecule has 0 saturated heterocycles. The van der Waals surface area contributed by atoms with Gasteiger partial charge in [0.15, 0.2) is 0 Å². The molecule has 17 heavy (non-hydrogen) atoms. The molecule has 1 saturated carbocycles. The minimum atomic E-state index is -0.874. The molecule has 0 spiro atoms. The van der Waals surface area contributed by atoms with Crippen LogP contribution in [0.1, 0.15) is 39.5 Å². The first-order valence-electron chi connectivity index (χ1n) is 6.19. The molecule has 1 aliphatic carbocycles. The van der Waals surface area contributed by atoms with E-state index in [-0.39, 0.29) is 24.9 Å². The molecule has 0 radical (unpaired) electrons. The molecule has 0 aromatic carbocycles. The smallest absolute Gasteiger partial charge is 0.305 e. The van der Waals surface area contributed by atoms with Crippen LogP contribution in [0.5, 0.6) is 0 Å². The number of hydrogen-bond donors (Lipinski definition) is 2. The van der Waals surface area contributed by atoms with E-state index in [2.05, 4.69) is 0 Å². The van der Waals surface area contributed by atoms with Crippen LogP contribution in [0.15, 0.2) is 0 Å². The lowest BCUT2D eigenvalue weighted by atomic mass is 10.0. The number of amides is 1. The highest BCUT2D eigenvalue weighted by Gasteiger charge is 2.34. The molecule has 1 aliphatic rings. The van der Waals surface area contributed by atoms with E-state index in [9.17, 15) is 9.59 Å². The largest absolute Gasteiger partial charge is 0.481 e. The van der Waals surface area contributed by atoms with Gasteiger partial charge in [-0.2, -0.15) is 0 Å². The summed E-state index contributed by atoms with van der Waals surface area (Å²) in [6, 6.07) is -0.274. The third kappa shape index (κ3) is 4.73. The highest BCUT2D eigenvalue weighted by Crippen LogP contribution is 2.27. The van der Waals surface area contributed by atoms with Crippen molar-refractivity contribution >= 4 is 11.9 Å². The number of aliphatic carboxylic acids is 1. The van der Waals surface area contributed by atoms with Crippen molar-refractivity contribution in [1.82, 2.24) is 4.90 Å². The third-order valence-electron chi connectivity index (χ3n) is 2.88. The maximum Gasteiger partial charge on any atom is 0.305 e. The molecule has 5 nitrogen and oxygen atoms in total. The van der Waals surface area contributed by atoms with Crippen LogP contribution in [0.3, 0.4) is 0 Å². The Morgan fingerprint density at radius 1 is 1.41 bits per heavy atom. The van der Waals surface area contributed by atoms with Gasteiger partial charge in [0.2, 0.25) is 5.91 Å². The summed E-state index contributed by atoms with van der Waals surface area (Å²) in [5.74, 6) is -0.599. The fourth-order valence-corrected chi connectivity index (χ4v) is 1.90. The van der Waals surface area contributed by atoms with Crippen LogP contribution >= 0.6 is 0 Å². The maximum atomic E-state index is 12.1. The van der Waals surface area contributed by atoms with Crippen LogP contribution in [0.4, 0.5) is 0 Å². The average Bonchev–Trinajstić information content (AvgIpc) is 3.00. The summed E-state index contributed by atoms with van der Waals surface area (Å²) in [5, 5.41) is 8.66. The number of carbonyl (C=O) groups excluding carboxylic acids is 1. The first-order valence-corrected chi connectivity index (χ1v) is 6.19. The van der Waals surface area contributed by atoms with Crippen LogP contribution in [0, 0.1) is 5.92 Å². The van der Waals surface area contributed by atoms with E-state index in [4.69, 9.17) is 10.8 Å². The molecule has 5 heteroatoms. The lowest BCUT2D eigenvalue weighted by Gasteiger charge is -2.25. The van der Waals surface area contributed by atoms with Crippen molar-refractivity contribution in [3.8, 4) is 0 Å². The number of carbonyl (C=O) groups is 2. The number of nitrogens with two attached hydrogens (primary N) is 1.